The van der Waals surface area contributed by atoms with E-state index in [1.54, 1.807) is 13.2 Å². The zero-order valence-electron chi connectivity index (χ0n) is 14.0. The molecule has 1 aromatic carbocycles. The molecule has 6 nitrogen and oxygen atoms in total. The number of carbonyl (C=O) groups is 1. The van der Waals surface area contributed by atoms with Gasteiger partial charge in [0, 0.05) is 12.6 Å². The lowest BCUT2D eigenvalue weighted by molar-refractivity contribution is 0.102. The van der Waals surface area contributed by atoms with Crippen LogP contribution < -0.4 is 14.8 Å². The highest BCUT2D eigenvalue weighted by Gasteiger charge is 2.20. The van der Waals surface area contributed by atoms with Gasteiger partial charge in [0.25, 0.3) is 5.91 Å². The monoisotopic (exact) mass is 362 g/mol. The highest BCUT2D eigenvalue weighted by molar-refractivity contribution is 6.32. The van der Waals surface area contributed by atoms with Crippen molar-refractivity contribution < 1.29 is 19.0 Å². The minimum atomic E-state index is -0.325. The van der Waals surface area contributed by atoms with Gasteiger partial charge in [-0.15, -0.1) is 0 Å². The van der Waals surface area contributed by atoms with Gasteiger partial charge < -0.3 is 19.5 Å². The second-order valence-corrected chi connectivity index (χ2v) is 6.18. The van der Waals surface area contributed by atoms with Crippen molar-refractivity contribution in [2.75, 3.05) is 25.6 Å². The molecular weight excluding hydrogens is 344 g/mol. The summed E-state index contributed by atoms with van der Waals surface area (Å²) in [5, 5.41) is 3.10. The fourth-order valence-corrected chi connectivity index (χ4v) is 2.72. The lowest BCUT2D eigenvalue weighted by Gasteiger charge is -2.13. The number of anilines is 1. The van der Waals surface area contributed by atoms with E-state index < -0.39 is 0 Å². The Balaban J connectivity index is 1.74. The van der Waals surface area contributed by atoms with Gasteiger partial charge in [0.2, 0.25) is 5.88 Å². The molecule has 1 aliphatic heterocycles. The number of ether oxygens (including phenoxy) is 3. The molecule has 1 N–H and O–H groups in total. The smallest absolute Gasteiger partial charge is 0.257 e. The van der Waals surface area contributed by atoms with Crippen LogP contribution in [0.3, 0.4) is 0 Å². The molecule has 1 aromatic heterocycles. The SMILES string of the molecule is COc1ccc(C)cc1NC(=O)c1cnc(OC2CCOC2)c(Cl)c1. The fourth-order valence-electron chi connectivity index (χ4n) is 2.51. The number of benzene rings is 1. The molecule has 3 rings (SSSR count). The zero-order valence-corrected chi connectivity index (χ0v) is 14.8. The number of methoxy groups -OCH3 is 1. The number of halogens is 1. The number of nitrogens with one attached hydrogen (secondary N) is 1. The first kappa shape index (κ1) is 17.5. The second-order valence-electron chi connectivity index (χ2n) is 5.77. The summed E-state index contributed by atoms with van der Waals surface area (Å²) in [6.45, 7) is 3.13. The van der Waals surface area contributed by atoms with Crippen LogP contribution in [-0.4, -0.2) is 37.3 Å². The lowest BCUT2D eigenvalue weighted by Crippen LogP contribution is -2.17. The molecule has 7 heteroatoms. The molecule has 1 amide bonds. The Bertz CT molecular complexity index is 776. The van der Waals surface area contributed by atoms with Gasteiger partial charge in [-0.1, -0.05) is 17.7 Å². The molecule has 1 aliphatic rings. The summed E-state index contributed by atoms with van der Waals surface area (Å²) in [4.78, 5) is 16.6. The predicted molar refractivity (Wildman–Crippen MR) is 94.8 cm³/mol. The van der Waals surface area contributed by atoms with Crippen molar-refractivity contribution in [2.45, 2.75) is 19.4 Å². The number of hydrogen-bond acceptors (Lipinski definition) is 5. The average molecular weight is 363 g/mol. The third-order valence-electron chi connectivity index (χ3n) is 3.84. The Labute approximate surface area is 151 Å². The van der Waals surface area contributed by atoms with E-state index in [-0.39, 0.29) is 17.0 Å². The lowest BCUT2D eigenvalue weighted by atomic mass is 10.2. The molecule has 1 saturated heterocycles. The number of pyridine rings is 1. The first-order chi connectivity index (χ1) is 12.1. The summed E-state index contributed by atoms with van der Waals surface area (Å²) in [7, 11) is 1.55. The fraction of sp³-hybridized carbons (Fsp3) is 0.333. The number of amides is 1. The molecule has 0 bridgehead atoms. The molecule has 2 heterocycles. The quantitative estimate of drug-likeness (QED) is 0.881. The summed E-state index contributed by atoms with van der Waals surface area (Å²) in [5.74, 6) is 0.565. The van der Waals surface area contributed by atoms with Crippen molar-refractivity contribution in [1.29, 1.82) is 0 Å². The molecule has 0 radical (unpaired) electrons. The van der Waals surface area contributed by atoms with Gasteiger partial charge >= 0.3 is 0 Å². The van der Waals surface area contributed by atoms with Gasteiger partial charge in [0.05, 0.1) is 31.6 Å². The van der Waals surface area contributed by atoms with Crippen LogP contribution in [-0.2, 0) is 4.74 Å². The normalized spacial score (nSPS) is 16.5. The van der Waals surface area contributed by atoms with E-state index in [0.29, 0.717) is 36.1 Å². The largest absolute Gasteiger partial charge is 0.495 e. The summed E-state index contributed by atoms with van der Waals surface area (Å²) in [5.41, 5.74) is 1.94. The Hall–Kier alpha value is -2.31. The van der Waals surface area contributed by atoms with Crippen molar-refractivity contribution >= 4 is 23.2 Å². The van der Waals surface area contributed by atoms with Crippen LogP contribution in [0.1, 0.15) is 22.3 Å². The van der Waals surface area contributed by atoms with Gasteiger partial charge in [-0.25, -0.2) is 4.98 Å². The van der Waals surface area contributed by atoms with Gasteiger partial charge in [0.1, 0.15) is 16.9 Å². The standard InChI is InChI=1S/C18H19ClN2O4/c1-11-3-4-16(23-2)15(7-11)21-17(22)12-8-14(19)18(20-9-12)25-13-5-6-24-10-13/h3-4,7-9,13H,5-6,10H2,1-2H3,(H,21,22). The van der Waals surface area contributed by atoms with E-state index in [2.05, 4.69) is 10.3 Å². The second kappa shape index (κ2) is 7.72. The number of hydrogen-bond donors (Lipinski definition) is 1. The minimum Gasteiger partial charge on any atom is -0.495 e. The first-order valence-electron chi connectivity index (χ1n) is 7.93. The third-order valence-corrected chi connectivity index (χ3v) is 4.11. The number of rotatable bonds is 5. The Morgan fingerprint density at radius 3 is 2.92 bits per heavy atom. The minimum absolute atomic E-state index is 0.0544. The molecule has 1 fully saturated rings. The van der Waals surface area contributed by atoms with Crippen LogP contribution in [0, 0.1) is 6.92 Å². The van der Waals surface area contributed by atoms with Crippen LogP contribution in [0.25, 0.3) is 0 Å². The highest BCUT2D eigenvalue weighted by Crippen LogP contribution is 2.28. The van der Waals surface area contributed by atoms with E-state index in [1.165, 1.54) is 12.3 Å². The number of nitrogens with zero attached hydrogens (tertiary/aromatic N) is 1. The molecule has 0 spiro atoms. The maximum Gasteiger partial charge on any atom is 0.257 e. The summed E-state index contributed by atoms with van der Waals surface area (Å²) in [6, 6.07) is 7.09. The first-order valence-corrected chi connectivity index (χ1v) is 8.30. The van der Waals surface area contributed by atoms with Crippen molar-refractivity contribution in [2.24, 2.45) is 0 Å². The Morgan fingerprint density at radius 1 is 1.40 bits per heavy atom. The molecule has 0 saturated carbocycles. The summed E-state index contributed by atoms with van der Waals surface area (Å²) in [6.07, 6.45) is 2.18. The molecule has 132 valence electrons. The summed E-state index contributed by atoms with van der Waals surface area (Å²) < 4.78 is 16.2. The molecule has 25 heavy (non-hydrogen) atoms. The highest BCUT2D eigenvalue weighted by atomic mass is 35.5. The van der Waals surface area contributed by atoms with Crippen LogP contribution in [0.2, 0.25) is 5.02 Å². The van der Waals surface area contributed by atoms with E-state index in [9.17, 15) is 4.79 Å². The Kier molecular flexibility index (Phi) is 5.40. The van der Waals surface area contributed by atoms with Crippen molar-refractivity contribution in [3.05, 3.63) is 46.6 Å². The molecular formula is C18H19ClN2O4. The third kappa shape index (κ3) is 4.21. The van der Waals surface area contributed by atoms with Crippen molar-refractivity contribution in [3.8, 4) is 11.6 Å². The van der Waals surface area contributed by atoms with Crippen LogP contribution >= 0.6 is 11.6 Å². The Morgan fingerprint density at radius 2 is 2.24 bits per heavy atom. The van der Waals surface area contributed by atoms with Crippen molar-refractivity contribution in [3.63, 3.8) is 0 Å². The topological polar surface area (TPSA) is 69.7 Å². The maximum absolute atomic E-state index is 12.5. The number of carbonyl (C=O) groups excluding carboxylic acids is 1. The molecule has 2 aromatic rings. The van der Waals surface area contributed by atoms with E-state index in [4.69, 9.17) is 25.8 Å². The number of aryl methyl sites for hydroxylation is 1. The van der Waals surface area contributed by atoms with Gasteiger partial charge in [0.15, 0.2) is 0 Å². The van der Waals surface area contributed by atoms with Gasteiger partial charge in [-0.05, 0) is 30.7 Å². The molecule has 1 atom stereocenters. The summed E-state index contributed by atoms with van der Waals surface area (Å²) >= 11 is 6.21. The maximum atomic E-state index is 12.5. The number of aromatic nitrogens is 1. The van der Waals surface area contributed by atoms with Crippen LogP contribution in [0.5, 0.6) is 11.6 Å². The van der Waals surface area contributed by atoms with Crippen LogP contribution in [0.15, 0.2) is 30.5 Å². The van der Waals surface area contributed by atoms with E-state index >= 15 is 0 Å². The van der Waals surface area contributed by atoms with Gasteiger partial charge in [-0.3, -0.25) is 4.79 Å². The zero-order chi connectivity index (χ0) is 17.8. The van der Waals surface area contributed by atoms with Gasteiger partial charge in [-0.2, -0.15) is 0 Å². The van der Waals surface area contributed by atoms with E-state index in [1.807, 2.05) is 19.1 Å². The predicted octanol–water partition coefficient (Wildman–Crippen LogP) is 3.47. The van der Waals surface area contributed by atoms with E-state index in [0.717, 1.165) is 12.0 Å². The molecule has 1 unspecified atom stereocenters. The van der Waals surface area contributed by atoms with Crippen LogP contribution in [0.4, 0.5) is 5.69 Å². The molecule has 0 aliphatic carbocycles. The van der Waals surface area contributed by atoms with Crippen molar-refractivity contribution in [1.82, 2.24) is 4.98 Å². The average Bonchev–Trinajstić information content (AvgIpc) is 3.10.